The molecule has 5 nitrogen and oxygen atoms in total. The van der Waals surface area contributed by atoms with E-state index in [2.05, 4.69) is 38.0 Å². The van der Waals surface area contributed by atoms with Gasteiger partial charge < -0.3 is 10.8 Å². The molecule has 1 aromatic heterocycles. The number of carbonyl (C=O) groups is 2. The molecule has 3 aliphatic rings. The Labute approximate surface area is 160 Å². The van der Waals surface area contributed by atoms with Crippen molar-refractivity contribution < 1.29 is 15.1 Å². The second kappa shape index (κ2) is 6.41. The number of allylic oxidation sites excluding steroid dienone is 4. The van der Waals surface area contributed by atoms with Crippen LogP contribution >= 0.6 is 0 Å². The Kier molecular flexibility index (Phi) is 4.63. The number of nitrogens with zero attached hydrogens (tertiary/aromatic N) is 1. The molecule has 0 saturated carbocycles. The predicted molar refractivity (Wildman–Crippen MR) is 104 cm³/mol. The summed E-state index contributed by atoms with van der Waals surface area (Å²) in [5.41, 5.74) is 4.48. The van der Waals surface area contributed by atoms with E-state index in [-0.39, 0.29) is 33.8 Å². The molecule has 0 spiro atoms. The minimum Gasteiger partial charge on any atom is -0.412 e. The van der Waals surface area contributed by atoms with Crippen LogP contribution < -0.4 is 5.32 Å². The van der Waals surface area contributed by atoms with E-state index in [0.29, 0.717) is 12.8 Å². The summed E-state index contributed by atoms with van der Waals surface area (Å²) in [7, 11) is 0. The molecule has 0 aromatic carbocycles. The summed E-state index contributed by atoms with van der Waals surface area (Å²) in [6.45, 7) is 8.55. The minimum atomic E-state index is -0.253. The monoisotopic (exact) mass is 368 g/mol. The van der Waals surface area contributed by atoms with Gasteiger partial charge in [0.1, 0.15) is 0 Å². The maximum Gasteiger partial charge on any atom is 0.162 e. The molecule has 1 aromatic rings. The number of rotatable bonds is 1. The lowest BCUT2D eigenvalue weighted by molar-refractivity contribution is -0.119. The van der Waals surface area contributed by atoms with Gasteiger partial charge in [-0.3, -0.25) is 14.6 Å². The summed E-state index contributed by atoms with van der Waals surface area (Å²) >= 11 is 0. The van der Waals surface area contributed by atoms with Gasteiger partial charge in [0.25, 0.3) is 0 Å². The van der Waals surface area contributed by atoms with Gasteiger partial charge in [-0.05, 0) is 41.4 Å². The Morgan fingerprint density at radius 2 is 1.30 bits per heavy atom. The van der Waals surface area contributed by atoms with E-state index in [0.717, 1.165) is 40.9 Å². The molecule has 2 aliphatic carbocycles. The van der Waals surface area contributed by atoms with E-state index in [1.165, 1.54) is 0 Å². The predicted octanol–water partition coefficient (Wildman–Crippen LogP) is 3.23. The molecule has 5 heteroatoms. The fourth-order valence-electron chi connectivity index (χ4n) is 4.78. The molecular weight excluding hydrogens is 340 g/mol. The van der Waals surface area contributed by atoms with Crippen LogP contribution in [0.2, 0.25) is 0 Å². The zero-order valence-corrected chi connectivity index (χ0v) is 16.5. The third-order valence-corrected chi connectivity index (χ3v) is 5.76. The summed E-state index contributed by atoms with van der Waals surface area (Å²) in [5.74, 6) is 0.0703. The SMILES string of the molecule is CC1(C)CC(=O)C2=C(C1)NC1=C(C(=O)CC(C)(C)C1)C2c1ccncc1.O. The van der Waals surface area contributed by atoms with Crippen molar-refractivity contribution in [1.82, 2.24) is 10.3 Å². The van der Waals surface area contributed by atoms with Gasteiger partial charge in [0, 0.05) is 53.7 Å². The highest BCUT2D eigenvalue weighted by Crippen LogP contribution is 2.50. The molecule has 27 heavy (non-hydrogen) atoms. The molecule has 0 fully saturated rings. The second-order valence-electron chi connectivity index (χ2n) is 9.50. The molecule has 0 bridgehead atoms. The van der Waals surface area contributed by atoms with Crippen LogP contribution in [-0.4, -0.2) is 22.0 Å². The summed E-state index contributed by atoms with van der Waals surface area (Å²) in [4.78, 5) is 30.3. The molecule has 0 amide bonds. The average molecular weight is 368 g/mol. The summed E-state index contributed by atoms with van der Waals surface area (Å²) < 4.78 is 0. The Bertz CT molecular complexity index is 811. The maximum absolute atomic E-state index is 13.1. The van der Waals surface area contributed by atoms with Crippen LogP contribution in [0.1, 0.15) is 64.9 Å². The van der Waals surface area contributed by atoms with Crippen LogP contribution in [0.15, 0.2) is 47.1 Å². The highest BCUT2D eigenvalue weighted by Gasteiger charge is 2.46. The van der Waals surface area contributed by atoms with E-state index < -0.39 is 0 Å². The van der Waals surface area contributed by atoms with Crippen molar-refractivity contribution in [2.24, 2.45) is 10.8 Å². The normalized spacial score (nSPS) is 24.0. The molecule has 0 saturated heterocycles. The lowest BCUT2D eigenvalue weighted by atomic mass is 9.64. The number of hydrogen-bond donors (Lipinski definition) is 1. The van der Waals surface area contributed by atoms with Gasteiger partial charge in [0.2, 0.25) is 0 Å². The number of carbonyl (C=O) groups excluding carboxylic acids is 2. The molecule has 0 radical (unpaired) electrons. The third-order valence-electron chi connectivity index (χ3n) is 5.76. The smallest absolute Gasteiger partial charge is 0.162 e. The summed E-state index contributed by atoms with van der Waals surface area (Å²) in [5, 5.41) is 3.53. The van der Waals surface area contributed by atoms with Gasteiger partial charge in [-0.25, -0.2) is 0 Å². The van der Waals surface area contributed by atoms with Crippen molar-refractivity contribution in [3.05, 3.63) is 52.6 Å². The first-order valence-corrected chi connectivity index (χ1v) is 9.36. The molecule has 144 valence electrons. The molecule has 1 aliphatic heterocycles. The van der Waals surface area contributed by atoms with Gasteiger partial charge >= 0.3 is 0 Å². The van der Waals surface area contributed by atoms with Crippen molar-refractivity contribution in [2.75, 3.05) is 0 Å². The number of ketones is 2. The molecule has 0 atom stereocenters. The van der Waals surface area contributed by atoms with Crippen molar-refractivity contribution in [3.63, 3.8) is 0 Å². The van der Waals surface area contributed by atoms with Crippen molar-refractivity contribution in [1.29, 1.82) is 0 Å². The Balaban J connectivity index is 0.00000210. The second-order valence-corrected chi connectivity index (χ2v) is 9.50. The van der Waals surface area contributed by atoms with Crippen LogP contribution in [0.5, 0.6) is 0 Å². The van der Waals surface area contributed by atoms with E-state index in [4.69, 9.17) is 0 Å². The van der Waals surface area contributed by atoms with E-state index in [9.17, 15) is 9.59 Å². The zero-order valence-electron chi connectivity index (χ0n) is 16.5. The summed E-state index contributed by atoms with van der Waals surface area (Å²) in [6.07, 6.45) is 6.20. The third kappa shape index (κ3) is 3.36. The first-order valence-electron chi connectivity index (χ1n) is 9.36. The zero-order chi connectivity index (χ0) is 18.7. The summed E-state index contributed by atoms with van der Waals surface area (Å²) in [6, 6.07) is 3.87. The highest BCUT2D eigenvalue weighted by molar-refractivity contribution is 6.06. The average Bonchev–Trinajstić information content (AvgIpc) is 2.51. The van der Waals surface area contributed by atoms with Crippen molar-refractivity contribution >= 4 is 11.6 Å². The van der Waals surface area contributed by atoms with Crippen LogP contribution in [0.3, 0.4) is 0 Å². The van der Waals surface area contributed by atoms with Gasteiger partial charge in [-0.2, -0.15) is 0 Å². The van der Waals surface area contributed by atoms with E-state index in [1.54, 1.807) is 12.4 Å². The van der Waals surface area contributed by atoms with Crippen LogP contribution in [0.4, 0.5) is 0 Å². The van der Waals surface area contributed by atoms with Gasteiger partial charge in [-0.15, -0.1) is 0 Å². The molecule has 3 N–H and O–H groups in total. The van der Waals surface area contributed by atoms with Crippen molar-refractivity contribution in [2.45, 2.75) is 59.3 Å². The van der Waals surface area contributed by atoms with Gasteiger partial charge in [0.05, 0.1) is 0 Å². The molecule has 0 unspecified atom stereocenters. The number of aromatic nitrogens is 1. The minimum absolute atomic E-state index is 0. The van der Waals surface area contributed by atoms with E-state index in [1.807, 2.05) is 12.1 Å². The Morgan fingerprint density at radius 1 is 0.852 bits per heavy atom. The topological polar surface area (TPSA) is 90.6 Å². The van der Waals surface area contributed by atoms with Crippen LogP contribution in [0.25, 0.3) is 0 Å². The Morgan fingerprint density at radius 3 is 1.74 bits per heavy atom. The largest absolute Gasteiger partial charge is 0.412 e. The molecule has 4 rings (SSSR count). The van der Waals surface area contributed by atoms with Gasteiger partial charge in [-0.1, -0.05) is 27.7 Å². The fraction of sp³-hybridized carbons (Fsp3) is 0.500. The van der Waals surface area contributed by atoms with Crippen LogP contribution in [-0.2, 0) is 9.59 Å². The number of nitrogens with one attached hydrogen (secondary N) is 1. The lowest BCUT2D eigenvalue weighted by Crippen LogP contribution is -2.42. The molecular formula is C22H28N2O3. The van der Waals surface area contributed by atoms with Crippen LogP contribution in [0, 0.1) is 10.8 Å². The standard InChI is InChI=1S/C22H26N2O2.H2O/c1-21(2)9-14-19(16(25)11-21)18(13-5-7-23-8-6-13)20-15(24-14)10-22(3,4)12-17(20)26;/h5-8,18,24H,9-12H2,1-4H3;1H2. The number of pyridine rings is 1. The lowest BCUT2D eigenvalue weighted by Gasteiger charge is -2.43. The first kappa shape index (κ1) is 19.5. The van der Waals surface area contributed by atoms with Gasteiger partial charge in [0.15, 0.2) is 11.6 Å². The fourth-order valence-corrected chi connectivity index (χ4v) is 4.78. The number of Topliss-reactive ketones (excluding diaryl/α,β-unsaturated/α-hetero) is 2. The molecule has 2 heterocycles. The number of hydrogen-bond acceptors (Lipinski definition) is 4. The van der Waals surface area contributed by atoms with Crippen molar-refractivity contribution in [3.8, 4) is 0 Å². The first-order chi connectivity index (χ1) is 12.2. The Hall–Kier alpha value is -2.27. The highest BCUT2D eigenvalue weighted by atomic mass is 16.1. The maximum atomic E-state index is 13.1. The number of dihydropyridines is 1. The quantitative estimate of drug-likeness (QED) is 0.824. The van der Waals surface area contributed by atoms with E-state index >= 15 is 0 Å².